The van der Waals surface area contributed by atoms with Crippen molar-refractivity contribution < 1.29 is 0 Å². The molecule has 184 valence electrons. The van der Waals surface area contributed by atoms with Crippen LogP contribution in [0, 0.1) is 0 Å². The number of benzene rings is 2. The quantitative estimate of drug-likeness (QED) is 0.172. The summed E-state index contributed by atoms with van der Waals surface area (Å²) >= 11 is 0. The number of hydrogen-bond acceptors (Lipinski definition) is 1. The van der Waals surface area contributed by atoms with Gasteiger partial charge < -0.3 is 4.81 Å². The van der Waals surface area contributed by atoms with E-state index in [2.05, 4.69) is 113 Å². The van der Waals surface area contributed by atoms with Crippen molar-refractivity contribution in [3.05, 3.63) is 95.6 Å². The predicted octanol–water partition coefficient (Wildman–Crippen LogP) is 9.08. The average Bonchev–Trinajstić information content (AvgIpc) is 3.39. The van der Waals surface area contributed by atoms with Gasteiger partial charge in [0.25, 0.3) is 6.85 Å². The minimum absolute atomic E-state index is 0.320. The monoisotopic (exact) mass is 465 g/mol. The third-order valence-corrected chi connectivity index (χ3v) is 7.99. The molecule has 35 heavy (non-hydrogen) atoms. The molecule has 0 amide bonds. The fourth-order valence-corrected chi connectivity index (χ4v) is 6.59. The molecule has 0 aliphatic heterocycles. The van der Waals surface area contributed by atoms with Crippen LogP contribution in [-0.2, 0) is 0 Å². The van der Waals surface area contributed by atoms with Crippen molar-refractivity contribution >= 4 is 17.9 Å². The van der Waals surface area contributed by atoms with Crippen LogP contribution in [-0.4, -0.2) is 23.7 Å². The Bertz CT molecular complexity index is 1070. The molecule has 0 fully saturated rings. The van der Waals surface area contributed by atoms with Crippen molar-refractivity contribution in [3.63, 3.8) is 0 Å². The fourth-order valence-electron chi connectivity index (χ4n) is 6.59. The summed E-state index contributed by atoms with van der Waals surface area (Å²) < 4.78 is 0. The molecule has 2 heteroatoms. The molecule has 4 rings (SSSR count). The summed E-state index contributed by atoms with van der Waals surface area (Å²) in [5.41, 5.74) is 8.99. The van der Waals surface area contributed by atoms with E-state index in [9.17, 15) is 0 Å². The van der Waals surface area contributed by atoms with Gasteiger partial charge in [-0.3, -0.25) is 0 Å². The highest BCUT2D eigenvalue weighted by Gasteiger charge is 2.43. The normalized spacial score (nSPS) is 18.6. The average molecular weight is 466 g/mol. The van der Waals surface area contributed by atoms with E-state index in [0.29, 0.717) is 30.7 Å². The summed E-state index contributed by atoms with van der Waals surface area (Å²) in [6, 6.07) is 19.2. The smallest absolute Gasteiger partial charge is 0.270 e. The minimum Gasteiger partial charge on any atom is -0.333 e. The van der Waals surface area contributed by atoms with Gasteiger partial charge in [0.1, 0.15) is 0 Å². The Morgan fingerprint density at radius 2 is 1.51 bits per heavy atom. The van der Waals surface area contributed by atoms with Gasteiger partial charge in [-0.2, -0.15) is 0 Å². The standard InChI is InChI=1S/C33H44BN/c1-7-9-10-11-17-27-23-33(31-21-15-13-19-29(27)31)34(35(24(3)4)25(5)6)32-22-26(16-8-2)28-18-12-14-20-30(28)32/h8,12-15,18-26,33H,2,7,9-11,16-17H2,1,3-6H3. The van der Waals surface area contributed by atoms with Crippen molar-refractivity contribution in [2.75, 3.05) is 0 Å². The lowest BCUT2D eigenvalue weighted by Gasteiger charge is -2.40. The van der Waals surface area contributed by atoms with Gasteiger partial charge >= 0.3 is 0 Å². The molecule has 2 aromatic rings. The molecule has 2 unspecified atom stereocenters. The van der Waals surface area contributed by atoms with Crippen molar-refractivity contribution in [3.8, 4) is 0 Å². The molecule has 2 atom stereocenters. The highest BCUT2D eigenvalue weighted by molar-refractivity contribution is 6.79. The van der Waals surface area contributed by atoms with Crippen LogP contribution in [0.4, 0.5) is 0 Å². The van der Waals surface area contributed by atoms with Crippen LogP contribution in [0.2, 0.25) is 0 Å². The Kier molecular flexibility index (Phi) is 8.55. The highest BCUT2D eigenvalue weighted by atomic mass is 15.1. The summed E-state index contributed by atoms with van der Waals surface area (Å²) in [5, 5.41) is 0. The van der Waals surface area contributed by atoms with Crippen LogP contribution in [0.1, 0.15) is 107 Å². The lowest BCUT2D eigenvalue weighted by Crippen LogP contribution is -2.51. The molecule has 0 radical (unpaired) electrons. The number of fused-ring (bicyclic) bond motifs is 2. The first-order valence-electron chi connectivity index (χ1n) is 14.0. The van der Waals surface area contributed by atoms with Crippen LogP contribution >= 0.6 is 0 Å². The summed E-state index contributed by atoms with van der Waals surface area (Å²) in [7, 11) is 0. The van der Waals surface area contributed by atoms with Gasteiger partial charge in [0.15, 0.2) is 0 Å². The Morgan fingerprint density at radius 3 is 2.17 bits per heavy atom. The third-order valence-electron chi connectivity index (χ3n) is 7.99. The van der Waals surface area contributed by atoms with E-state index >= 15 is 0 Å². The number of nitrogens with zero attached hydrogens (tertiary/aromatic N) is 1. The van der Waals surface area contributed by atoms with Gasteiger partial charge in [-0.1, -0.05) is 126 Å². The topological polar surface area (TPSA) is 3.24 Å². The number of rotatable bonds is 12. The molecule has 0 N–H and O–H groups in total. The number of allylic oxidation sites excluding steroid dienone is 4. The molecule has 0 aromatic heterocycles. The summed E-state index contributed by atoms with van der Waals surface area (Å²) in [5.74, 6) is 0.801. The van der Waals surface area contributed by atoms with E-state index < -0.39 is 0 Å². The van der Waals surface area contributed by atoms with E-state index in [4.69, 9.17) is 0 Å². The van der Waals surface area contributed by atoms with Crippen LogP contribution in [0.5, 0.6) is 0 Å². The number of unbranched alkanes of at least 4 members (excludes halogenated alkanes) is 3. The maximum atomic E-state index is 4.07. The highest BCUT2D eigenvalue weighted by Crippen LogP contribution is 2.47. The molecule has 0 heterocycles. The van der Waals surface area contributed by atoms with E-state index in [0.717, 1.165) is 6.42 Å². The zero-order valence-electron chi connectivity index (χ0n) is 22.6. The zero-order valence-corrected chi connectivity index (χ0v) is 22.6. The molecular weight excluding hydrogens is 421 g/mol. The molecule has 1 nitrogen and oxygen atoms in total. The van der Waals surface area contributed by atoms with E-state index in [1.165, 1.54) is 59.8 Å². The lowest BCUT2D eigenvalue weighted by atomic mass is 9.42. The zero-order chi connectivity index (χ0) is 24.9. The summed E-state index contributed by atoms with van der Waals surface area (Å²) in [6.45, 7) is 16.2. The fraction of sp³-hybridized carbons (Fsp3) is 0.455. The molecule has 0 spiro atoms. The van der Waals surface area contributed by atoms with Crippen LogP contribution in [0.3, 0.4) is 0 Å². The van der Waals surface area contributed by atoms with Crippen molar-refractivity contribution in [2.45, 2.75) is 97.0 Å². The maximum absolute atomic E-state index is 4.07. The SMILES string of the molecule is C=CCC1C=C(B(C2C=C(CCCCCC)c3ccccc32)N(C(C)C)C(C)C)c2ccccc21. The largest absolute Gasteiger partial charge is 0.333 e. The van der Waals surface area contributed by atoms with Crippen molar-refractivity contribution in [1.29, 1.82) is 0 Å². The van der Waals surface area contributed by atoms with Crippen LogP contribution < -0.4 is 0 Å². The first-order chi connectivity index (χ1) is 17.0. The molecule has 2 aromatic carbocycles. The maximum Gasteiger partial charge on any atom is 0.270 e. The van der Waals surface area contributed by atoms with Crippen LogP contribution in [0.25, 0.3) is 11.0 Å². The molecule has 2 aliphatic rings. The van der Waals surface area contributed by atoms with Gasteiger partial charge in [-0.05, 0) is 59.2 Å². The Labute approximate surface area is 215 Å². The molecule has 0 saturated carbocycles. The van der Waals surface area contributed by atoms with E-state index in [-0.39, 0.29) is 0 Å². The van der Waals surface area contributed by atoms with Crippen molar-refractivity contribution in [1.82, 2.24) is 4.81 Å². The van der Waals surface area contributed by atoms with Crippen LogP contribution in [0.15, 0.2) is 73.3 Å². The van der Waals surface area contributed by atoms with Gasteiger partial charge in [0.05, 0.1) is 0 Å². The lowest BCUT2D eigenvalue weighted by molar-refractivity contribution is 0.304. The second-order valence-electron chi connectivity index (χ2n) is 11.0. The minimum atomic E-state index is 0.320. The van der Waals surface area contributed by atoms with Gasteiger partial charge in [0.2, 0.25) is 0 Å². The summed E-state index contributed by atoms with van der Waals surface area (Å²) in [6.07, 6.45) is 14.7. The van der Waals surface area contributed by atoms with Gasteiger partial charge in [-0.25, -0.2) is 0 Å². The molecule has 2 aliphatic carbocycles. The first kappa shape index (κ1) is 25.8. The Morgan fingerprint density at radius 1 is 0.857 bits per heavy atom. The Hall–Kier alpha value is -2.32. The molecule has 0 bridgehead atoms. The molecular formula is C33H44BN. The Balaban J connectivity index is 1.82. The van der Waals surface area contributed by atoms with E-state index in [1.807, 2.05) is 0 Å². The first-order valence-corrected chi connectivity index (χ1v) is 14.0. The second kappa shape index (κ2) is 11.6. The summed E-state index contributed by atoms with van der Waals surface area (Å²) in [4.78, 5) is 2.76. The second-order valence-corrected chi connectivity index (χ2v) is 11.0. The van der Waals surface area contributed by atoms with Gasteiger partial charge in [0, 0.05) is 11.7 Å². The number of hydrogen-bond donors (Lipinski definition) is 0. The van der Waals surface area contributed by atoms with Gasteiger partial charge in [-0.15, -0.1) is 6.58 Å². The third kappa shape index (κ3) is 5.28. The van der Waals surface area contributed by atoms with E-state index in [1.54, 1.807) is 5.57 Å². The molecule has 0 saturated heterocycles. The predicted molar refractivity (Wildman–Crippen MR) is 156 cm³/mol. The van der Waals surface area contributed by atoms with Crippen molar-refractivity contribution in [2.24, 2.45) is 0 Å².